The van der Waals surface area contributed by atoms with Gasteiger partial charge in [-0.3, -0.25) is 4.79 Å². The van der Waals surface area contributed by atoms with Gasteiger partial charge in [0.05, 0.1) is 17.3 Å². The Hall–Kier alpha value is -1.87. The van der Waals surface area contributed by atoms with Crippen molar-refractivity contribution in [3.63, 3.8) is 0 Å². The van der Waals surface area contributed by atoms with E-state index in [1.807, 2.05) is 45.0 Å². The molecule has 1 aromatic heterocycles. The summed E-state index contributed by atoms with van der Waals surface area (Å²) in [7, 11) is -3.05. The molecule has 9 heteroatoms. The van der Waals surface area contributed by atoms with Gasteiger partial charge in [-0.05, 0) is 30.9 Å². The van der Waals surface area contributed by atoms with E-state index >= 15 is 0 Å². The molecule has 1 atom stereocenters. The van der Waals surface area contributed by atoms with Gasteiger partial charge < -0.3 is 9.32 Å². The van der Waals surface area contributed by atoms with Crippen LogP contribution in [0.1, 0.15) is 25.8 Å². The number of carbonyl (C=O) groups is 1. The molecular weight excluding hydrogens is 398 g/mol. The lowest BCUT2D eigenvalue weighted by Gasteiger charge is -2.29. The molecule has 0 radical (unpaired) electrons. The number of nitrogens with zero attached hydrogens (tertiary/aromatic N) is 3. The van der Waals surface area contributed by atoms with Gasteiger partial charge in [-0.1, -0.05) is 43.8 Å². The van der Waals surface area contributed by atoms with Crippen molar-refractivity contribution >= 4 is 27.5 Å². The smallest absolute Gasteiger partial charge is 0.277 e. The van der Waals surface area contributed by atoms with Crippen molar-refractivity contribution in [2.24, 2.45) is 5.92 Å². The summed E-state index contributed by atoms with van der Waals surface area (Å²) in [4.78, 5) is 14.5. The van der Waals surface area contributed by atoms with Crippen LogP contribution in [0, 0.1) is 12.8 Å². The number of carbonyl (C=O) groups excluding carboxylic acids is 1. The monoisotopic (exact) mass is 423 g/mol. The van der Waals surface area contributed by atoms with Crippen LogP contribution >= 0.6 is 11.8 Å². The fourth-order valence-corrected chi connectivity index (χ4v) is 5.65. The fraction of sp³-hybridized carbons (Fsp3) is 0.526. The first kappa shape index (κ1) is 20.9. The van der Waals surface area contributed by atoms with Crippen LogP contribution in [0.2, 0.25) is 0 Å². The zero-order chi connectivity index (χ0) is 20.3. The number of aryl methyl sites for hydroxylation is 1. The summed E-state index contributed by atoms with van der Waals surface area (Å²) in [5, 5.41) is 8.43. The number of benzene rings is 1. The predicted octanol–water partition coefficient (Wildman–Crippen LogP) is 2.81. The summed E-state index contributed by atoms with van der Waals surface area (Å²) in [6.45, 7) is 6.54. The number of rotatable bonds is 7. The Kier molecular flexibility index (Phi) is 6.44. The average Bonchev–Trinajstić information content (AvgIpc) is 3.24. The van der Waals surface area contributed by atoms with Gasteiger partial charge in [-0.15, -0.1) is 10.2 Å². The van der Waals surface area contributed by atoms with E-state index in [2.05, 4.69) is 10.2 Å². The molecule has 0 aliphatic carbocycles. The maximum absolute atomic E-state index is 12.8. The van der Waals surface area contributed by atoms with Crippen LogP contribution in [0.25, 0.3) is 11.5 Å². The van der Waals surface area contributed by atoms with Gasteiger partial charge in [0, 0.05) is 18.2 Å². The molecular formula is C19H25N3O4S2. The zero-order valence-corrected chi connectivity index (χ0v) is 17.9. The molecule has 1 aliphatic rings. The second kappa shape index (κ2) is 8.65. The van der Waals surface area contributed by atoms with Gasteiger partial charge >= 0.3 is 0 Å². The summed E-state index contributed by atoms with van der Waals surface area (Å²) in [5.74, 6) is 0.918. The molecule has 152 valence electrons. The van der Waals surface area contributed by atoms with Crippen molar-refractivity contribution in [2.75, 3.05) is 23.8 Å². The van der Waals surface area contributed by atoms with Crippen molar-refractivity contribution in [2.45, 2.75) is 38.5 Å². The van der Waals surface area contributed by atoms with Gasteiger partial charge in [0.25, 0.3) is 5.22 Å². The summed E-state index contributed by atoms with van der Waals surface area (Å²) < 4.78 is 29.3. The van der Waals surface area contributed by atoms with Crippen LogP contribution in [-0.4, -0.2) is 59.3 Å². The second-order valence-electron chi connectivity index (χ2n) is 7.47. The topological polar surface area (TPSA) is 93.4 Å². The number of hydrogen-bond donors (Lipinski definition) is 0. The Bertz CT molecular complexity index is 940. The van der Waals surface area contributed by atoms with Gasteiger partial charge in [0.15, 0.2) is 9.84 Å². The van der Waals surface area contributed by atoms with Gasteiger partial charge in [0.2, 0.25) is 11.8 Å². The highest BCUT2D eigenvalue weighted by atomic mass is 32.2. The number of thioether (sulfide) groups is 1. The molecule has 1 aliphatic heterocycles. The molecule has 1 saturated heterocycles. The SMILES string of the molecule is Cc1ccccc1-c1nnc(SCC(=O)N(CC(C)C)[C@@H]2CCS(=O)(=O)C2)o1. The van der Waals surface area contributed by atoms with Crippen LogP contribution in [0.4, 0.5) is 0 Å². The molecule has 2 heterocycles. The molecule has 7 nitrogen and oxygen atoms in total. The third kappa shape index (κ3) is 5.14. The molecule has 0 spiro atoms. The third-order valence-corrected chi connectivity index (χ3v) is 7.19. The average molecular weight is 424 g/mol. The maximum atomic E-state index is 12.8. The second-order valence-corrected chi connectivity index (χ2v) is 10.6. The molecule has 28 heavy (non-hydrogen) atoms. The minimum Gasteiger partial charge on any atom is -0.411 e. The van der Waals surface area contributed by atoms with Crippen LogP contribution in [0.5, 0.6) is 0 Å². The number of amides is 1. The van der Waals surface area contributed by atoms with Gasteiger partial charge in [0.1, 0.15) is 0 Å². The lowest BCUT2D eigenvalue weighted by molar-refractivity contribution is -0.130. The van der Waals surface area contributed by atoms with E-state index < -0.39 is 9.84 Å². The molecule has 0 N–H and O–H groups in total. The first-order valence-electron chi connectivity index (χ1n) is 9.27. The van der Waals surface area contributed by atoms with E-state index in [0.29, 0.717) is 24.1 Å². The molecule has 0 unspecified atom stereocenters. The molecule has 1 amide bonds. The van der Waals surface area contributed by atoms with Gasteiger partial charge in [-0.25, -0.2) is 8.42 Å². The third-order valence-electron chi connectivity index (χ3n) is 4.63. The van der Waals surface area contributed by atoms with Gasteiger partial charge in [-0.2, -0.15) is 0 Å². The molecule has 3 rings (SSSR count). The summed E-state index contributed by atoms with van der Waals surface area (Å²) in [5.41, 5.74) is 1.90. The summed E-state index contributed by atoms with van der Waals surface area (Å²) in [6.07, 6.45) is 0.503. The van der Waals surface area contributed by atoms with Crippen molar-refractivity contribution in [3.8, 4) is 11.5 Å². The molecule has 2 aromatic rings. The van der Waals surface area contributed by atoms with E-state index in [9.17, 15) is 13.2 Å². The lowest BCUT2D eigenvalue weighted by atomic mass is 10.1. The molecule has 0 bridgehead atoms. The van der Waals surface area contributed by atoms with E-state index in [0.717, 1.165) is 11.1 Å². The summed E-state index contributed by atoms with van der Waals surface area (Å²) >= 11 is 1.18. The first-order chi connectivity index (χ1) is 13.2. The minimum absolute atomic E-state index is 0.0497. The standard InChI is InChI=1S/C19H25N3O4S2/c1-13(2)10-22(15-8-9-28(24,25)12-15)17(23)11-27-19-21-20-18(26-19)16-7-5-4-6-14(16)3/h4-7,13,15H,8-12H2,1-3H3/t15-/m1/s1. The number of sulfone groups is 1. The predicted molar refractivity (Wildman–Crippen MR) is 109 cm³/mol. The highest BCUT2D eigenvalue weighted by Gasteiger charge is 2.34. The number of aromatic nitrogens is 2. The van der Waals surface area contributed by atoms with Crippen LogP contribution < -0.4 is 0 Å². The summed E-state index contributed by atoms with van der Waals surface area (Å²) in [6, 6.07) is 7.48. The van der Waals surface area contributed by atoms with Crippen molar-refractivity contribution in [1.29, 1.82) is 0 Å². The lowest BCUT2D eigenvalue weighted by Crippen LogP contribution is -2.44. The Labute approximate surface area is 169 Å². The van der Waals surface area contributed by atoms with Crippen LogP contribution in [0.15, 0.2) is 33.9 Å². The van der Waals surface area contributed by atoms with E-state index in [1.165, 1.54) is 11.8 Å². The molecule has 0 saturated carbocycles. The van der Waals surface area contributed by atoms with E-state index in [-0.39, 0.29) is 35.1 Å². The molecule has 1 fully saturated rings. The van der Waals surface area contributed by atoms with Crippen molar-refractivity contribution in [3.05, 3.63) is 29.8 Å². The Morgan fingerprint density at radius 1 is 1.32 bits per heavy atom. The van der Waals surface area contributed by atoms with Crippen LogP contribution in [0.3, 0.4) is 0 Å². The van der Waals surface area contributed by atoms with E-state index in [4.69, 9.17) is 4.42 Å². The Morgan fingerprint density at radius 2 is 2.07 bits per heavy atom. The first-order valence-corrected chi connectivity index (χ1v) is 12.1. The highest BCUT2D eigenvalue weighted by molar-refractivity contribution is 7.99. The number of hydrogen-bond acceptors (Lipinski definition) is 7. The van der Waals surface area contributed by atoms with E-state index in [1.54, 1.807) is 4.90 Å². The Morgan fingerprint density at radius 3 is 2.71 bits per heavy atom. The quantitative estimate of drug-likeness (QED) is 0.632. The maximum Gasteiger partial charge on any atom is 0.277 e. The normalized spacial score (nSPS) is 18.5. The van der Waals surface area contributed by atoms with Crippen LogP contribution in [-0.2, 0) is 14.6 Å². The fourth-order valence-electron chi connectivity index (χ4n) is 3.27. The molecule has 1 aromatic carbocycles. The van der Waals surface area contributed by atoms with Crippen molar-refractivity contribution in [1.82, 2.24) is 15.1 Å². The minimum atomic E-state index is -3.05. The highest BCUT2D eigenvalue weighted by Crippen LogP contribution is 2.26. The van der Waals surface area contributed by atoms with Crippen molar-refractivity contribution < 1.29 is 17.6 Å². The largest absolute Gasteiger partial charge is 0.411 e. The zero-order valence-electron chi connectivity index (χ0n) is 16.3. The Balaban J connectivity index is 1.65.